The van der Waals surface area contributed by atoms with E-state index in [1.165, 1.54) is 6.08 Å². The summed E-state index contributed by atoms with van der Waals surface area (Å²) in [5.41, 5.74) is 1.74. The number of aliphatic hydroxyl groups excluding tert-OH is 1. The van der Waals surface area contributed by atoms with Crippen molar-refractivity contribution in [2.75, 3.05) is 46.0 Å². The van der Waals surface area contributed by atoms with Gasteiger partial charge in [-0.15, -0.1) is 0 Å². The number of carbonyl (C=O) groups excluding carboxylic acids is 2. The van der Waals surface area contributed by atoms with Crippen LogP contribution in [0.25, 0.3) is 6.08 Å². The summed E-state index contributed by atoms with van der Waals surface area (Å²) < 4.78 is 11.1. The van der Waals surface area contributed by atoms with Crippen LogP contribution in [0, 0.1) is 0 Å². The van der Waals surface area contributed by atoms with Gasteiger partial charge in [-0.25, -0.2) is 0 Å². The summed E-state index contributed by atoms with van der Waals surface area (Å²) in [7, 11) is 0. The van der Waals surface area contributed by atoms with Gasteiger partial charge in [-0.2, -0.15) is 0 Å². The molecule has 2 aromatic carbocycles. The lowest BCUT2D eigenvalue weighted by Crippen LogP contribution is -2.39. The van der Waals surface area contributed by atoms with E-state index in [4.69, 9.17) is 9.47 Å². The quantitative estimate of drug-likeness (QED) is 0.476. The summed E-state index contributed by atoms with van der Waals surface area (Å²) in [5.74, 6) is -0.629. The number of hydrogen-bond donors (Lipinski definition) is 1. The number of allylic oxidation sites excluding steroid dienone is 1. The van der Waals surface area contributed by atoms with Crippen molar-refractivity contribution in [1.82, 2.24) is 9.80 Å². The van der Waals surface area contributed by atoms with Crippen LogP contribution in [0.4, 0.5) is 0 Å². The Bertz CT molecular complexity index is 1090. The van der Waals surface area contributed by atoms with Gasteiger partial charge in [0.2, 0.25) is 0 Å². The van der Waals surface area contributed by atoms with Gasteiger partial charge < -0.3 is 19.5 Å². The molecule has 4 rings (SSSR count). The van der Waals surface area contributed by atoms with Crippen LogP contribution in [-0.4, -0.2) is 72.6 Å². The molecule has 0 radical (unpaired) electrons. The van der Waals surface area contributed by atoms with E-state index in [9.17, 15) is 14.7 Å². The Morgan fingerprint density at radius 2 is 1.81 bits per heavy atom. The van der Waals surface area contributed by atoms with Crippen LogP contribution in [0.1, 0.15) is 36.9 Å². The molecular formula is C29H34N2O5. The van der Waals surface area contributed by atoms with E-state index in [2.05, 4.69) is 4.90 Å². The topological polar surface area (TPSA) is 79.3 Å². The minimum atomic E-state index is -0.657. The Morgan fingerprint density at radius 3 is 2.50 bits per heavy atom. The first-order chi connectivity index (χ1) is 17.6. The number of ether oxygens (including phenoxy) is 2. The summed E-state index contributed by atoms with van der Waals surface area (Å²) in [6.07, 6.45) is 4.76. The van der Waals surface area contributed by atoms with Gasteiger partial charge in [0.15, 0.2) is 11.5 Å². The second-order valence-corrected chi connectivity index (χ2v) is 9.00. The van der Waals surface area contributed by atoms with Gasteiger partial charge in [0.05, 0.1) is 31.4 Å². The largest absolute Gasteiger partial charge is 0.503 e. The molecule has 0 aliphatic carbocycles. The fourth-order valence-corrected chi connectivity index (χ4v) is 4.56. The van der Waals surface area contributed by atoms with Crippen molar-refractivity contribution in [3.63, 3.8) is 0 Å². The molecule has 0 saturated carbocycles. The number of amides is 1. The normalized spacial score (nSPS) is 18.9. The van der Waals surface area contributed by atoms with Gasteiger partial charge in [-0.05, 0) is 42.2 Å². The van der Waals surface area contributed by atoms with Crippen LogP contribution < -0.4 is 4.74 Å². The highest BCUT2D eigenvalue weighted by Gasteiger charge is 2.42. The highest BCUT2D eigenvalue weighted by atomic mass is 16.5. The Labute approximate surface area is 212 Å². The standard InChI is InChI=1S/C29H34N2O5/c1-2-19-36-24-12-10-23(11-13-24)27-26(25(32)14-9-22-7-4-3-5-8-22)28(33)29(34)31(27)16-6-15-30-17-20-35-21-18-30/h3-5,7-14,27,33H,2,6,15-21H2,1H3/b14-9+. The van der Waals surface area contributed by atoms with Crippen molar-refractivity contribution in [2.24, 2.45) is 0 Å². The third-order valence-electron chi connectivity index (χ3n) is 6.44. The summed E-state index contributed by atoms with van der Waals surface area (Å²) >= 11 is 0. The fraction of sp³-hybridized carbons (Fsp3) is 0.379. The van der Waals surface area contributed by atoms with Gasteiger partial charge in [0.25, 0.3) is 5.91 Å². The van der Waals surface area contributed by atoms with Crippen molar-refractivity contribution in [2.45, 2.75) is 25.8 Å². The molecule has 1 atom stereocenters. The maximum absolute atomic E-state index is 13.3. The summed E-state index contributed by atoms with van der Waals surface area (Å²) in [4.78, 5) is 30.4. The number of carbonyl (C=O) groups is 2. The summed E-state index contributed by atoms with van der Waals surface area (Å²) in [6, 6.07) is 16.2. The molecule has 1 unspecified atom stereocenters. The molecule has 7 heteroatoms. The Hall–Kier alpha value is -3.42. The zero-order valence-corrected chi connectivity index (χ0v) is 20.8. The number of ketones is 1. The van der Waals surface area contributed by atoms with E-state index in [-0.39, 0.29) is 11.4 Å². The van der Waals surface area contributed by atoms with E-state index in [1.807, 2.05) is 61.5 Å². The van der Waals surface area contributed by atoms with Crippen molar-refractivity contribution in [3.8, 4) is 5.75 Å². The third kappa shape index (κ3) is 6.22. The molecule has 1 N–H and O–H groups in total. The molecule has 1 fully saturated rings. The van der Waals surface area contributed by atoms with Crippen LogP contribution in [0.5, 0.6) is 5.75 Å². The lowest BCUT2D eigenvalue weighted by Gasteiger charge is -2.30. The van der Waals surface area contributed by atoms with Crippen LogP contribution in [0.3, 0.4) is 0 Å². The predicted molar refractivity (Wildman–Crippen MR) is 139 cm³/mol. The average molecular weight is 491 g/mol. The SMILES string of the molecule is CCCOc1ccc(C2C(C(=O)/C=C/c3ccccc3)=C(O)C(=O)N2CCCN2CCOCC2)cc1. The number of hydrogen-bond acceptors (Lipinski definition) is 6. The van der Waals surface area contributed by atoms with E-state index in [1.54, 1.807) is 11.0 Å². The number of aliphatic hydroxyl groups is 1. The first-order valence-corrected chi connectivity index (χ1v) is 12.6. The highest BCUT2D eigenvalue weighted by Crippen LogP contribution is 2.38. The van der Waals surface area contributed by atoms with Crippen LogP contribution in [0.15, 0.2) is 72.0 Å². The summed E-state index contributed by atoms with van der Waals surface area (Å²) in [6.45, 7) is 7.08. The van der Waals surface area contributed by atoms with Gasteiger partial charge >= 0.3 is 0 Å². The van der Waals surface area contributed by atoms with Gasteiger partial charge in [0, 0.05) is 26.2 Å². The van der Waals surface area contributed by atoms with Crippen LogP contribution >= 0.6 is 0 Å². The molecular weight excluding hydrogens is 456 g/mol. The van der Waals surface area contributed by atoms with Gasteiger partial charge in [-0.1, -0.05) is 55.5 Å². The maximum Gasteiger partial charge on any atom is 0.290 e. The second kappa shape index (κ2) is 12.5. The Kier molecular flexibility index (Phi) is 8.92. The highest BCUT2D eigenvalue weighted by molar-refractivity contribution is 6.14. The van der Waals surface area contributed by atoms with E-state index in [0.717, 1.165) is 49.4 Å². The van der Waals surface area contributed by atoms with E-state index in [0.29, 0.717) is 26.4 Å². The van der Waals surface area contributed by atoms with Crippen LogP contribution in [0.2, 0.25) is 0 Å². The molecule has 2 aliphatic rings. The Morgan fingerprint density at radius 1 is 1.08 bits per heavy atom. The molecule has 0 bridgehead atoms. The molecule has 2 aliphatic heterocycles. The lowest BCUT2D eigenvalue weighted by molar-refractivity contribution is -0.129. The van der Waals surface area contributed by atoms with Gasteiger partial charge in [0.1, 0.15) is 5.75 Å². The zero-order chi connectivity index (χ0) is 25.3. The van der Waals surface area contributed by atoms with Gasteiger partial charge in [-0.3, -0.25) is 14.5 Å². The average Bonchev–Trinajstić information content (AvgIpc) is 3.17. The molecule has 1 saturated heterocycles. The van der Waals surface area contributed by atoms with Crippen molar-refractivity contribution < 1.29 is 24.2 Å². The smallest absolute Gasteiger partial charge is 0.290 e. The molecule has 0 aromatic heterocycles. The molecule has 7 nitrogen and oxygen atoms in total. The first kappa shape index (κ1) is 25.7. The Balaban J connectivity index is 1.56. The maximum atomic E-state index is 13.3. The zero-order valence-electron chi connectivity index (χ0n) is 20.8. The predicted octanol–water partition coefficient (Wildman–Crippen LogP) is 4.18. The number of morpholine rings is 1. The molecule has 36 heavy (non-hydrogen) atoms. The minimum Gasteiger partial charge on any atom is -0.503 e. The number of nitrogens with zero attached hydrogens (tertiary/aromatic N) is 2. The lowest BCUT2D eigenvalue weighted by atomic mass is 9.95. The molecule has 0 spiro atoms. The van der Waals surface area contributed by atoms with E-state index >= 15 is 0 Å². The molecule has 2 heterocycles. The number of rotatable bonds is 11. The molecule has 2 aromatic rings. The molecule has 190 valence electrons. The minimum absolute atomic E-state index is 0.112. The monoisotopic (exact) mass is 490 g/mol. The van der Waals surface area contributed by atoms with Crippen molar-refractivity contribution >= 4 is 17.8 Å². The fourth-order valence-electron chi connectivity index (χ4n) is 4.56. The van der Waals surface area contributed by atoms with Crippen molar-refractivity contribution in [1.29, 1.82) is 0 Å². The first-order valence-electron chi connectivity index (χ1n) is 12.6. The van der Waals surface area contributed by atoms with Crippen LogP contribution in [-0.2, 0) is 14.3 Å². The van der Waals surface area contributed by atoms with E-state index < -0.39 is 17.7 Å². The second-order valence-electron chi connectivity index (χ2n) is 9.00. The summed E-state index contributed by atoms with van der Waals surface area (Å²) in [5, 5.41) is 10.8. The number of benzene rings is 2. The molecule has 1 amide bonds. The third-order valence-corrected chi connectivity index (χ3v) is 6.44. The van der Waals surface area contributed by atoms with Crippen molar-refractivity contribution in [3.05, 3.63) is 83.1 Å².